The normalized spacial score (nSPS) is 14.1. The fourth-order valence-electron chi connectivity index (χ4n) is 3.48. The number of esters is 1. The average molecular weight is 439 g/mol. The zero-order chi connectivity index (χ0) is 19.8. The van der Waals surface area contributed by atoms with Crippen LogP contribution in [0.1, 0.15) is 60.0 Å². The molecule has 0 fully saturated rings. The third-order valence-electron chi connectivity index (χ3n) is 4.98. The lowest BCUT2D eigenvalue weighted by molar-refractivity contribution is -0.141. The number of hydrogen-bond donors (Lipinski definition) is 1. The number of nitrogens with zero attached hydrogens (tertiary/aromatic N) is 1. The standard InChI is InChI=1S/C20H27BrN2O4/c1-27-18(24)11-10-17(19(22)25)23-13-16-14(7-4-2-3-5-12-21)8-6-9-15(16)20(23)26/h6,8-9,17H,2-5,7,10-13H2,1H3,(H2,22,25)/t17-/m0/s1. The molecule has 1 aromatic rings. The fourth-order valence-corrected chi connectivity index (χ4v) is 3.87. The maximum atomic E-state index is 12.8. The second-order valence-electron chi connectivity index (χ2n) is 6.76. The summed E-state index contributed by atoms with van der Waals surface area (Å²) in [6, 6.07) is 4.93. The molecule has 6 nitrogen and oxygen atoms in total. The summed E-state index contributed by atoms with van der Waals surface area (Å²) >= 11 is 3.44. The Morgan fingerprint density at radius 3 is 2.67 bits per heavy atom. The molecule has 0 radical (unpaired) electrons. The smallest absolute Gasteiger partial charge is 0.305 e. The van der Waals surface area contributed by atoms with E-state index in [0.29, 0.717) is 12.1 Å². The maximum Gasteiger partial charge on any atom is 0.305 e. The van der Waals surface area contributed by atoms with Crippen molar-refractivity contribution in [3.05, 3.63) is 34.9 Å². The van der Waals surface area contributed by atoms with Gasteiger partial charge in [0.05, 0.1) is 7.11 Å². The summed E-state index contributed by atoms with van der Waals surface area (Å²) in [7, 11) is 1.29. The van der Waals surface area contributed by atoms with E-state index in [0.717, 1.165) is 35.7 Å². The number of halogens is 1. The maximum absolute atomic E-state index is 12.8. The molecular formula is C20H27BrN2O4. The molecule has 2 N–H and O–H groups in total. The number of unbranched alkanes of at least 4 members (excludes halogenated alkanes) is 3. The Labute approximate surface area is 168 Å². The molecule has 1 aliphatic heterocycles. The summed E-state index contributed by atoms with van der Waals surface area (Å²) in [6.45, 7) is 0.362. The van der Waals surface area contributed by atoms with Crippen LogP contribution in [-0.2, 0) is 27.3 Å². The van der Waals surface area contributed by atoms with Gasteiger partial charge in [-0.1, -0.05) is 40.9 Å². The van der Waals surface area contributed by atoms with Crippen molar-refractivity contribution in [1.29, 1.82) is 0 Å². The van der Waals surface area contributed by atoms with E-state index in [9.17, 15) is 14.4 Å². The average Bonchev–Trinajstić information content (AvgIpc) is 2.99. The first-order valence-corrected chi connectivity index (χ1v) is 10.5. The second-order valence-corrected chi connectivity index (χ2v) is 7.56. The van der Waals surface area contributed by atoms with Crippen LogP contribution in [0.5, 0.6) is 0 Å². The summed E-state index contributed by atoms with van der Waals surface area (Å²) < 4.78 is 4.63. The lowest BCUT2D eigenvalue weighted by Gasteiger charge is -2.24. The molecule has 1 aromatic carbocycles. The Morgan fingerprint density at radius 2 is 2.00 bits per heavy atom. The number of benzene rings is 1. The zero-order valence-corrected chi connectivity index (χ0v) is 17.3. The highest BCUT2D eigenvalue weighted by atomic mass is 79.9. The van der Waals surface area contributed by atoms with Gasteiger partial charge in [-0.15, -0.1) is 0 Å². The lowest BCUT2D eigenvalue weighted by Crippen LogP contribution is -2.45. The summed E-state index contributed by atoms with van der Waals surface area (Å²) in [5, 5.41) is 1.03. The third kappa shape index (κ3) is 5.54. The molecule has 7 heteroatoms. The van der Waals surface area contributed by atoms with Crippen LogP contribution in [-0.4, -0.2) is 41.2 Å². The van der Waals surface area contributed by atoms with Crippen LogP contribution in [0.4, 0.5) is 0 Å². The predicted molar refractivity (Wildman–Crippen MR) is 107 cm³/mol. The molecule has 0 unspecified atom stereocenters. The number of primary amides is 1. The van der Waals surface area contributed by atoms with Crippen molar-refractivity contribution < 1.29 is 19.1 Å². The quantitative estimate of drug-likeness (QED) is 0.326. The SMILES string of the molecule is COC(=O)CC[C@@H](C(N)=O)N1Cc2c(CCCCCCBr)cccc2C1=O. The van der Waals surface area contributed by atoms with Gasteiger partial charge in [-0.05, 0) is 42.9 Å². The first-order chi connectivity index (χ1) is 13.0. The van der Waals surface area contributed by atoms with Crippen molar-refractivity contribution in [1.82, 2.24) is 4.90 Å². The van der Waals surface area contributed by atoms with Crippen LogP contribution < -0.4 is 5.73 Å². The van der Waals surface area contributed by atoms with Crippen molar-refractivity contribution in [2.75, 3.05) is 12.4 Å². The molecule has 0 bridgehead atoms. The van der Waals surface area contributed by atoms with E-state index < -0.39 is 17.9 Å². The molecular weight excluding hydrogens is 412 g/mol. The number of carbonyl (C=O) groups excluding carboxylic acids is 3. The zero-order valence-electron chi connectivity index (χ0n) is 15.7. The molecule has 1 atom stereocenters. The molecule has 0 saturated carbocycles. The van der Waals surface area contributed by atoms with Crippen molar-refractivity contribution in [3.63, 3.8) is 0 Å². The molecule has 0 aromatic heterocycles. The Balaban J connectivity index is 2.09. The van der Waals surface area contributed by atoms with Crippen molar-refractivity contribution >= 4 is 33.7 Å². The largest absolute Gasteiger partial charge is 0.469 e. The summed E-state index contributed by atoms with van der Waals surface area (Å²) in [6.07, 6.45) is 5.70. The molecule has 27 heavy (non-hydrogen) atoms. The highest BCUT2D eigenvalue weighted by Gasteiger charge is 2.36. The number of hydrogen-bond acceptors (Lipinski definition) is 4. The van der Waals surface area contributed by atoms with Gasteiger partial charge in [-0.3, -0.25) is 14.4 Å². The van der Waals surface area contributed by atoms with Gasteiger partial charge in [0.25, 0.3) is 5.91 Å². The molecule has 2 amide bonds. The van der Waals surface area contributed by atoms with E-state index >= 15 is 0 Å². The second kappa shape index (κ2) is 10.4. The summed E-state index contributed by atoms with van der Waals surface area (Å²) in [5.74, 6) is -1.22. The van der Waals surface area contributed by atoms with Gasteiger partial charge >= 0.3 is 5.97 Å². The summed E-state index contributed by atoms with van der Waals surface area (Å²) in [5.41, 5.74) is 8.28. The first-order valence-electron chi connectivity index (χ1n) is 9.33. The van der Waals surface area contributed by atoms with Crippen LogP contribution >= 0.6 is 15.9 Å². The fraction of sp³-hybridized carbons (Fsp3) is 0.550. The number of aryl methyl sites for hydroxylation is 1. The number of rotatable bonds is 11. The molecule has 148 valence electrons. The number of alkyl halides is 1. The van der Waals surface area contributed by atoms with Crippen molar-refractivity contribution in [2.24, 2.45) is 5.73 Å². The van der Waals surface area contributed by atoms with Gasteiger partial charge < -0.3 is 15.4 Å². The first kappa shape index (κ1) is 21.4. The Bertz CT molecular complexity index is 693. The topological polar surface area (TPSA) is 89.7 Å². The van der Waals surface area contributed by atoms with Crippen LogP contribution in [0.15, 0.2) is 18.2 Å². The van der Waals surface area contributed by atoms with Crippen LogP contribution in [0, 0.1) is 0 Å². The Hall–Kier alpha value is -1.89. The molecule has 1 heterocycles. The van der Waals surface area contributed by atoms with E-state index in [1.54, 1.807) is 6.07 Å². The molecule has 2 rings (SSSR count). The monoisotopic (exact) mass is 438 g/mol. The van der Waals surface area contributed by atoms with E-state index in [1.807, 2.05) is 12.1 Å². The molecule has 1 aliphatic rings. The van der Waals surface area contributed by atoms with Gasteiger partial charge in [-0.2, -0.15) is 0 Å². The van der Waals surface area contributed by atoms with Gasteiger partial charge in [0.2, 0.25) is 5.91 Å². The lowest BCUT2D eigenvalue weighted by atomic mass is 9.98. The van der Waals surface area contributed by atoms with E-state index in [2.05, 4.69) is 20.7 Å². The van der Waals surface area contributed by atoms with Crippen LogP contribution in [0.3, 0.4) is 0 Å². The number of ether oxygens (including phenoxy) is 1. The third-order valence-corrected chi connectivity index (χ3v) is 5.54. The van der Waals surface area contributed by atoms with E-state index in [1.165, 1.54) is 24.9 Å². The molecule has 0 spiro atoms. The minimum Gasteiger partial charge on any atom is -0.469 e. The highest BCUT2D eigenvalue weighted by Crippen LogP contribution is 2.29. The highest BCUT2D eigenvalue weighted by molar-refractivity contribution is 9.09. The predicted octanol–water partition coefficient (Wildman–Crippen LogP) is 2.95. The number of carbonyl (C=O) groups is 3. The minimum atomic E-state index is -0.809. The van der Waals surface area contributed by atoms with Gasteiger partial charge in [-0.25, -0.2) is 0 Å². The van der Waals surface area contributed by atoms with Crippen LogP contribution in [0.25, 0.3) is 0 Å². The van der Waals surface area contributed by atoms with E-state index in [-0.39, 0.29) is 18.7 Å². The van der Waals surface area contributed by atoms with Crippen molar-refractivity contribution in [2.45, 2.75) is 57.5 Å². The minimum absolute atomic E-state index is 0.0463. The Morgan fingerprint density at radius 1 is 1.26 bits per heavy atom. The van der Waals surface area contributed by atoms with Gasteiger partial charge in [0.1, 0.15) is 6.04 Å². The molecule has 0 aliphatic carbocycles. The van der Waals surface area contributed by atoms with Crippen molar-refractivity contribution in [3.8, 4) is 0 Å². The number of fused-ring (bicyclic) bond motifs is 1. The van der Waals surface area contributed by atoms with E-state index in [4.69, 9.17) is 5.73 Å². The number of amides is 2. The van der Waals surface area contributed by atoms with Gasteiger partial charge in [0.15, 0.2) is 0 Å². The Kier molecular flexibility index (Phi) is 8.28. The van der Waals surface area contributed by atoms with Crippen LogP contribution in [0.2, 0.25) is 0 Å². The number of nitrogens with two attached hydrogens (primary N) is 1. The summed E-state index contributed by atoms with van der Waals surface area (Å²) in [4.78, 5) is 37.6. The van der Waals surface area contributed by atoms with Gasteiger partial charge in [0, 0.05) is 23.9 Å². The molecule has 0 saturated heterocycles. The number of methoxy groups -OCH3 is 1.